The van der Waals surface area contributed by atoms with Crippen LogP contribution in [0.2, 0.25) is 0 Å². The highest BCUT2D eigenvalue weighted by Gasteiger charge is 2.01. The van der Waals surface area contributed by atoms with E-state index in [0.717, 1.165) is 38.5 Å². The monoisotopic (exact) mass is 382 g/mol. The lowest BCUT2D eigenvalue weighted by Gasteiger charge is -2.07. The first-order valence-corrected chi connectivity index (χ1v) is 11.7. The van der Waals surface area contributed by atoms with E-state index in [0.29, 0.717) is 6.42 Å². The normalized spacial score (nSPS) is 12.7. The van der Waals surface area contributed by atoms with Gasteiger partial charge in [0.1, 0.15) is 0 Å². The highest BCUT2D eigenvalue weighted by atomic mass is 16.4. The van der Waals surface area contributed by atoms with Gasteiger partial charge in [0.2, 0.25) is 0 Å². The summed E-state index contributed by atoms with van der Waals surface area (Å²) in [6.07, 6.45) is 25.9. The van der Waals surface area contributed by atoms with E-state index in [1.165, 1.54) is 77.0 Å². The Morgan fingerprint density at radius 1 is 0.741 bits per heavy atom. The minimum absolute atomic E-state index is 0.160. The molecule has 0 spiro atoms. The van der Waals surface area contributed by atoms with E-state index >= 15 is 0 Å². The van der Waals surface area contributed by atoms with Crippen molar-refractivity contribution in [1.82, 2.24) is 0 Å². The van der Waals surface area contributed by atoms with Crippen LogP contribution >= 0.6 is 0 Å². The second-order valence-corrected chi connectivity index (χ2v) is 8.03. The molecule has 0 bridgehead atoms. The van der Waals surface area contributed by atoms with Gasteiger partial charge in [-0.1, -0.05) is 103 Å². The van der Waals surface area contributed by atoms with E-state index in [1.54, 1.807) is 0 Å². The summed E-state index contributed by atoms with van der Waals surface area (Å²) < 4.78 is 0. The molecule has 0 aliphatic rings. The van der Waals surface area contributed by atoms with Crippen molar-refractivity contribution < 1.29 is 15.0 Å². The number of unbranched alkanes of at least 4 members (excludes halogenated alkanes) is 14. The van der Waals surface area contributed by atoms with Gasteiger partial charge in [-0.2, -0.15) is 0 Å². The molecule has 0 aromatic carbocycles. The first kappa shape index (κ1) is 26.2. The summed E-state index contributed by atoms with van der Waals surface area (Å²) in [5.74, 6) is -0.672. The van der Waals surface area contributed by atoms with Crippen molar-refractivity contribution >= 4 is 5.97 Å². The van der Waals surface area contributed by atoms with Gasteiger partial charge in [0.25, 0.3) is 0 Å². The average molecular weight is 383 g/mol. The molecule has 3 nitrogen and oxygen atoms in total. The summed E-state index contributed by atoms with van der Waals surface area (Å²) in [4.78, 5) is 10.4. The number of allylic oxidation sites excluding steroid dienone is 1. The number of aliphatic carboxylic acids is 1. The zero-order valence-electron chi connectivity index (χ0n) is 18.0. The van der Waals surface area contributed by atoms with Crippen LogP contribution in [0.4, 0.5) is 0 Å². The molecule has 1 unspecified atom stereocenters. The Morgan fingerprint density at radius 3 is 1.85 bits per heavy atom. The third kappa shape index (κ3) is 23.1. The molecule has 0 aliphatic heterocycles. The number of hydrogen-bond acceptors (Lipinski definition) is 2. The SMILES string of the molecule is CCCCCCCC=CCC(O)CCCCCCCCCCCCC(=O)O. The van der Waals surface area contributed by atoms with Crippen LogP contribution in [0.1, 0.15) is 129 Å². The van der Waals surface area contributed by atoms with E-state index in [-0.39, 0.29) is 6.10 Å². The Labute approximate surface area is 168 Å². The number of carboxylic acids is 1. The second kappa shape index (κ2) is 21.5. The fourth-order valence-corrected chi connectivity index (χ4v) is 3.43. The first-order chi connectivity index (χ1) is 13.2. The van der Waals surface area contributed by atoms with E-state index < -0.39 is 5.97 Å². The molecule has 0 rings (SSSR count). The van der Waals surface area contributed by atoms with Crippen molar-refractivity contribution in [2.45, 2.75) is 135 Å². The largest absolute Gasteiger partial charge is 0.481 e. The molecular weight excluding hydrogens is 336 g/mol. The second-order valence-electron chi connectivity index (χ2n) is 8.03. The predicted octanol–water partition coefficient (Wildman–Crippen LogP) is 7.42. The van der Waals surface area contributed by atoms with Gasteiger partial charge in [-0.15, -0.1) is 0 Å². The molecule has 0 heterocycles. The van der Waals surface area contributed by atoms with Crippen molar-refractivity contribution in [2.75, 3.05) is 0 Å². The fourth-order valence-electron chi connectivity index (χ4n) is 3.43. The zero-order valence-corrected chi connectivity index (χ0v) is 18.0. The Morgan fingerprint density at radius 2 is 1.26 bits per heavy atom. The number of carbonyl (C=O) groups is 1. The third-order valence-corrected chi connectivity index (χ3v) is 5.23. The highest BCUT2D eigenvalue weighted by Crippen LogP contribution is 2.13. The lowest BCUT2D eigenvalue weighted by Crippen LogP contribution is -2.04. The van der Waals surface area contributed by atoms with Crippen molar-refractivity contribution in [1.29, 1.82) is 0 Å². The summed E-state index contributed by atoms with van der Waals surface area (Å²) in [6, 6.07) is 0. The van der Waals surface area contributed by atoms with E-state index in [2.05, 4.69) is 19.1 Å². The minimum atomic E-state index is -0.672. The third-order valence-electron chi connectivity index (χ3n) is 5.23. The van der Waals surface area contributed by atoms with Gasteiger partial charge in [-0.3, -0.25) is 4.79 Å². The summed E-state index contributed by atoms with van der Waals surface area (Å²) >= 11 is 0. The van der Waals surface area contributed by atoms with Crippen molar-refractivity contribution in [3.05, 3.63) is 12.2 Å². The molecule has 0 aromatic heterocycles. The van der Waals surface area contributed by atoms with Gasteiger partial charge in [-0.25, -0.2) is 0 Å². The van der Waals surface area contributed by atoms with Gasteiger partial charge in [0, 0.05) is 6.42 Å². The van der Waals surface area contributed by atoms with Crippen LogP contribution in [0.15, 0.2) is 12.2 Å². The fraction of sp³-hybridized carbons (Fsp3) is 0.875. The Bertz CT molecular complexity index is 339. The Hall–Kier alpha value is -0.830. The van der Waals surface area contributed by atoms with Crippen LogP contribution in [-0.4, -0.2) is 22.3 Å². The van der Waals surface area contributed by atoms with E-state index in [1.807, 2.05) is 0 Å². The van der Waals surface area contributed by atoms with Crippen molar-refractivity contribution in [3.8, 4) is 0 Å². The number of carboxylic acid groups (broad SMARTS) is 1. The zero-order chi connectivity index (χ0) is 20.0. The van der Waals surface area contributed by atoms with Crippen LogP contribution in [0.25, 0.3) is 0 Å². The summed E-state index contributed by atoms with van der Waals surface area (Å²) in [5.41, 5.74) is 0. The lowest BCUT2D eigenvalue weighted by atomic mass is 10.0. The molecule has 3 heteroatoms. The molecule has 0 saturated heterocycles. The number of aliphatic hydroxyl groups is 1. The van der Waals surface area contributed by atoms with Crippen molar-refractivity contribution in [2.24, 2.45) is 0 Å². The number of hydrogen-bond donors (Lipinski definition) is 2. The lowest BCUT2D eigenvalue weighted by molar-refractivity contribution is -0.137. The van der Waals surface area contributed by atoms with Gasteiger partial charge < -0.3 is 10.2 Å². The van der Waals surface area contributed by atoms with Crippen LogP contribution in [0, 0.1) is 0 Å². The maximum atomic E-state index is 10.4. The van der Waals surface area contributed by atoms with Gasteiger partial charge in [0.15, 0.2) is 0 Å². The van der Waals surface area contributed by atoms with Gasteiger partial charge in [-0.05, 0) is 32.1 Å². The Kier molecular flexibility index (Phi) is 20.8. The first-order valence-electron chi connectivity index (χ1n) is 11.7. The molecule has 0 radical (unpaired) electrons. The van der Waals surface area contributed by atoms with Crippen LogP contribution in [0.3, 0.4) is 0 Å². The molecule has 2 N–H and O–H groups in total. The van der Waals surface area contributed by atoms with Crippen molar-refractivity contribution in [3.63, 3.8) is 0 Å². The summed E-state index contributed by atoms with van der Waals surface area (Å²) in [7, 11) is 0. The molecule has 27 heavy (non-hydrogen) atoms. The summed E-state index contributed by atoms with van der Waals surface area (Å²) in [5, 5.41) is 18.6. The van der Waals surface area contributed by atoms with E-state index in [4.69, 9.17) is 5.11 Å². The maximum absolute atomic E-state index is 10.4. The summed E-state index contributed by atoms with van der Waals surface area (Å²) in [6.45, 7) is 2.25. The molecule has 0 aliphatic carbocycles. The smallest absolute Gasteiger partial charge is 0.303 e. The molecule has 0 saturated carbocycles. The van der Waals surface area contributed by atoms with Gasteiger partial charge in [0.05, 0.1) is 6.10 Å². The van der Waals surface area contributed by atoms with Crippen LogP contribution in [-0.2, 0) is 4.79 Å². The predicted molar refractivity (Wildman–Crippen MR) is 116 cm³/mol. The number of rotatable bonds is 21. The van der Waals surface area contributed by atoms with Gasteiger partial charge >= 0.3 is 5.97 Å². The standard InChI is InChI=1S/C24H46O3/c1-2-3-4-5-6-11-14-17-20-23(25)21-18-15-12-9-7-8-10-13-16-19-22-24(26)27/h14,17,23,25H,2-13,15-16,18-22H2,1H3,(H,26,27). The highest BCUT2D eigenvalue weighted by molar-refractivity contribution is 5.66. The molecule has 0 amide bonds. The van der Waals surface area contributed by atoms with E-state index in [9.17, 15) is 9.90 Å². The maximum Gasteiger partial charge on any atom is 0.303 e. The molecule has 0 aromatic rings. The molecule has 1 atom stereocenters. The quantitative estimate of drug-likeness (QED) is 0.160. The topological polar surface area (TPSA) is 57.5 Å². The Balaban J connectivity index is 3.22. The average Bonchev–Trinajstić information content (AvgIpc) is 2.64. The van der Waals surface area contributed by atoms with Crippen LogP contribution < -0.4 is 0 Å². The minimum Gasteiger partial charge on any atom is -0.481 e. The molecule has 160 valence electrons. The van der Waals surface area contributed by atoms with Crippen LogP contribution in [0.5, 0.6) is 0 Å². The molecule has 0 fully saturated rings. The molecular formula is C24H46O3. The number of aliphatic hydroxyl groups excluding tert-OH is 1.